The number of thiazole rings is 1. The van der Waals surface area contributed by atoms with Gasteiger partial charge >= 0.3 is 6.03 Å². The average molecular weight is 515 g/mol. The predicted octanol–water partition coefficient (Wildman–Crippen LogP) is 5.45. The van der Waals surface area contributed by atoms with Crippen molar-refractivity contribution in [3.63, 3.8) is 0 Å². The molecule has 1 heterocycles. The van der Waals surface area contributed by atoms with Crippen LogP contribution >= 0.6 is 23.1 Å². The van der Waals surface area contributed by atoms with Gasteiger partial charge in [-0.1, -0.05) is 25.0 Å². The second kappa shape index (κ2) is 12.0. The molecule has 0 bridgehead atoms. The van der Waals surface area contributed by atoms with E-state index in [0.717, 1.165) is 30.6 Å². The van der Waals surface area contributed by atoms with Gasteiger partial charge in [-0.2, -0.15) is 0 Å². The highest BCUT2D eigenvalue weighted by Gasteiger charge is 2.28. The number of rotatable bonds is 8. The number of carbonyl (C=O) groups is 2. The summed E-state index contributed by atoms with van der Waals surface area (Å²) >= 11 is 2.92. The van der Waals surface area contributed by atoms with Crippen molar-refractivity contribution in [1.82, 2.24) is 15.6 Å². The predicted molar refractivity (Wildman–Crippen MR) is 137 cm³/mol. The van der Waals surface area contributed by atoms with Crippen LogP contribution in [0.5, 0.6) is 5.75 Å². The van der Waals surface area contributed by atoms with E-state index in [9.17, 15) is 14.0 Å². The van der Waals surface area contributed by atoms with E-state index in [2.05, 4.69) is 20.9 Å². The summed E-state index contributed by atoms with van der Waals surface area (Å²) in [7, 11) is 0. The Morgan fingerprint density at radius 2 is 1.80 bits per heavy atom. The number of benzene rings is 2. The summed E-state index contributed by atoms with van der Waals surface area (Å²) in [6, 6.07) is 13.1. The number of hydrogen-bond donors (Lipinski definition) is 3. The molecular weight excluding hydrogens is 487 g/mol. The minimum atomic E-state index is -0.445. The van der Waals surface area contributed by atoms with Crippen LogP contribution in [0, 0.1) is 5.82 Å². The summed E-state index contributed by atoms with van der Waals surface area (Å²) < 4.78 is 19.2. The molecule has 3 aromatic rings. The molecule has 35 heavy (non-hydrogen) atoms. The van der Waals surface area contributed by atoms with Gasteiger partial charge in [0.15, 0.2) is 11.6 Å². The van der Waals surface area contributed by atoms with E-state index < -0.39 is 5.82 Å². The Hall–Kier alpha value is -3.11. The van der Waals surface area contributed by atoms with Crippen molar-refractivity contribution >= 4 is 40.7 Å². The highest BCUT2D eigenvalue weighted by molar-refractivity contribution is 7.98. The molecule has 1 saturated carbocycles. The molecule has 7 nitrogen and oxygen atoms in total. The monoisotopic (exact) mass is 514 g/mol. The third-order valence-corrected chi connectivity index (χ3v) is 7.28. The Kier molecular flexibility index (Phi) is 8.59. The minimum Gasteiger partial charge on any atom is -0.483 e. The molecule has 2 atom stereocenters. The Morgan fingerprint density at radius 1 is 1.09 bits per heavy atom. The van der Waals surface area contributed by atoms with Crippen LogP contribution in [0.2, 0.25) is 0 Å². The summed E-state index contributed by atoms with van der Waals surface area (Å²) in [6.07, 6.45) is 5.50. The molecule has 1 fully saturated rings. The number of nitrogens with zero attached hydrogens (tertiary/aromatic N) is 1. The lowest BCUT2D eigenvalue weighted by Crippen LogP contribution is -2.54. The zero-order chi connectivity index (χ0) is 24.6. The number of hydrogen-bond acceptors (Lipinski definition) is 6. The fraction of sp³-hybridized carbons (Fsp3) is 0.320. The second-order valence-corrected chi connectivity index (χ2v) is 9.97. The number of carbonyl (C=O) groups excluding carboxylic acids is 2. The lowest BCUT2D eigenvalue weighted by atomic mass is 9.90. The van der Waals surface area contributed by atoms with Crippen LogP contribution in [0.15, 0.2) is 58.8 Å². The van der Waals surface area contributed by atoms with E-state index in [1.165, 1.54) is 17.4 Å². The first-order valence-corrected chi connectivity index (χ1v) is 13.5. The number of thioether (sulfide) groups is 1. The Bertz CT molecular complexity index is 1160. The number of para-hydroxylation sites is 1. The summed E-state index contributed by atoms with van der Waals surface area (Å²) in [5.74, 6) is -0.604. The van der Waals surface area contributed by atoms with Gasteiger partial charge in [0.05, 0.1) is 6.04 Å². The van der Waals surface area contributed by atoms with E-state index >= 15 is 0 Å². The van der Waals surface area contributed by atoms with Gasteiger partial charge in [0.2, 0.25) is 0 Å². The normalized spacial score (nSPS) is 17.4. The number of aromatic nitrogens is 1. The van der Waals surface area contributed by atoms with Crippen molar-refractivity contribution in [3.8, 4) is 5.75 Å². The van der Waals surface area contributed by atoms with Crippen LogP contribution in [-0.4, -0.2) is 35.3 Å². The van der Waals surface area contributed by atoms with E-state index in [1.54, 1.807) is 35.3 Å². The van der Waals surface area contributed by atoms with Crippen molar-refractivity contribution in [1.29, 1.82) is 0 Å². The maximum atomic E-state index is 13.7. The van der Waals surface area contributed by atoms with Crippen molar-refractivity contribution in [2.45, 2.75) is 49.3 Å². The molecule has 1 aliphatic rings. The number of anilines is 1. The van der Waals surface area contributed by atoms with Crippen molar-refractivity contribution in [3.05, 3.63) is 70.4 Å². The molecule has 1 aliphatic carbocycles. The number of amides is 3. The largest absolute Gasteiger partial charge is 0.483 e. The molecule has 0 radical (unpaired) electrons. The van der Waals surface area contributed by atoms with Gasteiger partial charge in [-0.15, -0.1) is 23.1 Å². The number of ether oxygens (including phenoxy) is 1. The molecule has 3 N–H and O–H groups in total. The smallest absolute Gasteiger partial charge is 0.319 e. The van der Waals surface area contributed by atoms with E-state index in [0.29, 0.717) is 10.7 Å². The van der Waals surface area contributed by atoms with Crippen LogP contribution in [0.25, 0.3) is 0 Å². The Labute approximate surface area is 211 Å². The summed E-state index contributed by atoms with van der Waals surface area (Å²) in [6.45, 7) is 0.0740. The first-order valence-electron chi connectivity index (χ1n) is 11.4. The fourth-order valence-electron chi connectivity index (χ4n) is 3.91. The molecule has 2 aromatic carbocycles. The summed E-state index contributed by atoms with van der Waals surface area (Å²) in [4.78, 5) is 30.9. The summed E-state index contributed by atoms with van der Waals surface area (Å²) in [5.41, 5.74) is 0.995. The first-order chi connectivity index (χ1) is 17.0. The SMILES string of the molecule is CSc1ccc(NC(=O)N[C@@H]2CCCC[C@@H]2NC(=O)c2csc(COc3ccccc3F)n2)cc1. The van der Waals surface area contributed by atoms with Crippen molar-refractivity contribution in [2.24, 2.45) is 0 Å². The molecule has 3 amide bonds. The van der Waals surface area contributed by atoms with Crippen molar-refractivity contribution < 1.29 is 18.7 Å². The van der Waals surface area contributed by atoms with Crippen LogP contribution in [0.3, 0.4) is 0 Å². The number of nitrogens with one attached hydrogen (secondary N) is 3. The van der Waals surface area contributed by atoms with Crippen molar-refractivity contribution in [2.75, 3.05) is 11.6 Å². The second-order valence-electron chi connectivity index (χ2n) is 8.14. The van der Waals surface area contributed by atoms with Gasteiger partial charge in [0.1, 0.15) is 17.3 Å². The highest BCUT2D eigenvalue weighted by atomic mass is 32.2. The molecule has 184 valence electrons. The van der Waals surface area contributed by atoms with E-state index in [4.69, 9.17) is 4.74 Å². The molecule has 0 saturated heterocycles. The first kappa shape index (κ1) is 25.0. The van der Waals surface area contributed by atoms with Crippen LogP contribution < -0.4 is 20.7 Å². The quantitative estimate of drug-likeness (QED) is 0.348. The molecule has 1 aromatic heterocycles. The van der Waals surface area contributed by atoms with Gasteiger partial charge in [0, 0.05) is 22.0 Å². The zero-order valence-electron chi connectivity index (χ0n) is 19.3. The molecule has 4 rings (SSSR count). The lowest BCUT2D eigenvalue weighted by molar-refractivity contribution is 0.0911. The zero-order valence-corrected chi connectivity index (χ0v) is 20.9. The van der Waals surface area contributed by atoms with Gasteiger partial charge < -0.3 is 20.7 Å². The van der Waals surface area contributed by atoms with Gasteiger partial charge in [-0.3, -0.25) is 4.79 Å². The Morgan fingerprint density at radius 3 is 2.51 bits per heavy atom. The van der Waals surface area contributed by atoms with Gasteiger partial charge in [-0.25, -0.2) is 14.2 Å². The third kappa shape index (κ3) is 6.95. The lowest BCUT2D eigenvalue weighted by Gasteiger charge is -2.32. The molecule has 0 unspecified atom stereocenters. The van der Waals surface area contributed by atoms with E-state index in [-0.39, 0.29) is 42.1 Å². The molecule has 0 aliphatic heterocycles. The fourth-order valence-corrected chi connectivity index (χ4v) is 5.01. The van der Waals surface area contributed by atoms with Crippen LogP contribution in [0.1, 0.15) is 41.2 Å². The van der Waals surface area contributed by atoms with Crippen LogP contribution in [-0.2, 0) is 6.61 Å². The summed E-state index contributed by atoms with van der Waals surface area (Å²) in [5, 5.41) is 11.1. The average Bonchev–Trinajstić information content (AvgIpc) is 3.34. The van der Waals surface area contributed by atoms with E-state index in [1.807, 2.05) is 30.5 Å². The molecule has 0 spiro atoms. The van der Waals surface area contributed by atoms with Crippen LogP contribution in [0.4, 0.5) is 14.9 Å². The number of halogens is 1. The molecule has 10 heteroatoms. The Balaban J connectivity index is 1.31. The topological polar surface area (TPSA) is 92.4 Å². The molecular formula is C25H27FN4O3S2. The standard InChI is InChI=1S/C25H27FN4O3S2/c1-34-17-12-10-16(11-13-17)27-25(32)30-20-8-4-3-7-19(20)29-24(31)21-15-35-23(28-21)14-33-22-9-5-2-6-18(22)26/h2,5-6,9-13,15,19-20H,3-4,7-8,14H2,1H3,(H,29,31)(H2,27,30,32)/t19-,20+/m0/s1. The number of urea groups is 1. The van der Waals surface area contributed by atoms with Gasteiger partial charge in [-0.05, 0) is 55.5 Å². The third-order valence-electron chi connectivity index (χ3n) is 5.72. The highest BCUT2D eigenvalue weighted by Crippen LogP contribution is 2.22. The minimum absolute atomic E-state index is 0.0740. The maximum Gasteiger partial charge on any atom is 0.319 e. The maximum absolute atomic E-state index is 13.7. The van der Waals surface area contributed by atoms with Gasteiger partial charge in [0.25, 0.3) is 5.91 Å².